The van der Waals surface area contributed by atoms with Crippen LogP contribution in [0.2, 0.25) is 5.28 Å². The highest BCUT2D eigenvalue weighted by atomic mass is 35.5. The van der Waals surface area contributed by atoms with E-state index in [1.807, 2.05) is 0 Å². The standard InChI is InChI=1S/C10H10ClN4O4/c11-10-12-1-4-2-13-15(8(4)14-10)9-7(18)6(17)5(3-16)19-9/h2,5-7,9,16-18H,3H2/t5-,6-,7-,9-/m1/s1. The van der Waals surface area contributed by atoms with E-state index in [0.717, 1.165) is 0 Å². The van der Waals surface area contributed by atoms with Gasteiger partial charge in [-0.15, -0.1) is 0 Å². The van der Waals surface area contributed by atoms with Gasteiger partial charge in [-0.3, -0.25) is 0 Å². The number of hydrogen-bond acceptors (Lipinski definition) is 7. The van der Waals surface area contributed by atoms with E-state index in [0.29, 0.717) is 11.0 Å². The largest absolute Gasteiger partial charge is 0.394 e. The second-order valence-corrected chi connectivity index (χ2v) is 4.50. The Morgan fingerprint density at radius 1 is 1.42 bits per heavy atom. The van der Waals surface area contributed by atoms with Crippen LogP contribution in [0.25, 0.3) is 11.0 Å². The maximum atomic E-state index is 9.93. The average Bonchev–Trinajstić information content (AvgIpc) is 2.92. The number of fused-ring (bicyclic) bond motifs is 1. The topological polar surface area (TPSA) is 114 Å². The summed E-state index contributed by atoms with van der Waals surface area (Å²) >= 11 is 5.69. The Bertz CT molecular complexity index is 606. The van der Waals surface area contributed by atoms with Gasteiger partial charge in [0, 0.05) is 0 Å². The van der Waals surface area contributed by atoms with Gasteiger partial charge in [-0.05, 0) is 11.6 Å². The van der Waals surface area contributed by atoms with E-state index in [1.54, 1.807) is 0 Å². The second-order valence-electron chi connectivity index (χ2n) is 4.16. The maximum absolute atomic E-state index is 9.93. The molecule has 1 fully saturated rings. The first kappa shape index (κ1) is 12.7. The van der Waals surface area contributed by atoms with Crippen molar-refractivity contribution in [2.24, 2.45) is 0 Å². The van der Waals surface area contributed by atoms with Gasteiger partial charge < -0.3 is 20.1 Å². The summed E-state index contributed by atoms with van der Waals surface area (Å²) in [7, 11) is 0. The first-order valence-corrected chi connectivity index (χ1v) is 5.90. The number of nitrogens with zero attached hydrogens (tertiary/aromatic N) is 4. The smallest absolute Gasteiger partial charge is 0.225 e. The molecule has 0 amide bonds. The predicted octanol–water partition coefficient (Wildman–Crippen LogP) is -1.11. The van der Waals surface area contributed by atoms with Crippen LogP contribution in [0.3, 0.4) is 0 Å². The van der Waals surface area contributed by atoms with Crippen LogP contribution in [0.15, 0.2) is 6.20 Å². The summed E-state index contributed by atoms with van der Waals surface area (Å²) < 4.78 is 6.64. The van der Waals surface area contributed by atoms with Crippen LogP contribution in [-0.4, -0.2) is 60.0 Å². The summed E-state index contributed by atoms with van der Waals surface area (Å²) in [5.74, 6) is 0. The van der Waals surface area contributed by atoms with Crippen LogP contribution in [0, 0.1) is 6.20 Å². The van der Waals surface area contributed by atoms with E-state index in [2.05, 4.69) is 21.3 Å². The number of halogens is 1. The van der Waals surface area contributed by atoms with Gasteiger partial charge in [0.25, 0.3) is 0 Å². The van der Waals surface area contributed by atoms with Crippen molar-refractivity contribution in [3.63, 3.8) is 0 Å². The fourth-order valence-electron chi connectivity index (χ4n) is 2.03. The molecule has 9 heteroatoms. The monoisotopic (exact) mass is 285 g/mol. The van der Waals surface area contributed by atoms with E-state index in [9.17, 15) is 10.2 Å². The fraction of sp³-hybridized carbons (Fsp3) is 0.500. The summed E-state index contributed by atoms with van der Waals surface area (Å²) in [5.41, 5.74) is 0.329. The first-order chi connectivity index (χ1) is 9.11. The number of aliphatic hydroxyl groups is 3. The van der Waals surface area contributed by atoms with Crippen molar-refractivity contribution in [3.8, 4) is 0 Å². The van der Waals surface area contributed by atoms with Crippen molar-refractivity contribution < 1.29 is 20.1 Å². The number of aromatic nitrogens is 4. The molecule has 0 unspecified atom stereocenters. The molecule has 1 aliphatic heterocycles. The predicted molar refractivity (Wildman–Crippen MR) is 62.2 cm³/mol. The molecule has 19 heavy (non-hydrogen) atoms. The highest BCUT2D eigenvalue weighted by Crippen LogP contribution is 2.30. The Hall–Kier alpha value is -1.32. The zero-order chi connectivity index (χ0) is 13.6. The highest BCUT2D eigenvalue weighted by Gasteiger charge is 2.44. The molecule has 1 aliphatic rings. The van der Waals surface area contributed by atoms with Gasteiger partial charge >= 0.3 is 0 Å². The van der Waals surface area contributed by atoms with E-state index in [-0.39, 0.29) is 5.28 Å². The normalized spacial score (nSPS) is 31.2. The van der Waals surface area contributed by atoms with Gasteiger partial charge in [-0.1, -0.05) is 0 Å². The van der Waals surface area contributed by atoms with Crippen molar-refractivity contribution in [3.05, 3.63) is 17.7 Å². The van der Waals surface area contributed by atoms with Gasteiger partial charge in [-0.25, -0.2) is 9.67 Å². The van der Waals surface area contributed by atoms with Gasteiger partial charge in [-0.2, -0.15) is 10.1 Å². The molecule has 0 spiro atoms. The zero-order valence-electron chi connectivity index (χ0n) is 9.51. The fourth-order valence-corrected chi connectivity index (χ4v) is 2.16. The average molecular weight is 286 g/mol. The Labute approximate surface area is 112 Å². The Balaban J connectivity index is 2.03. The van der Waals surface area contributed by atoms with Crippen LogP contribution < -0.4 is 0 Å². The molecule has 2 aromatic rings. The zero-order valence-corrected chi connectivity index (χ0v) is 10.3. The lowest BCUT2D eigenvalue weighted by molar-refractivity contribution is -0.0566. The van der Waals surface area contributed by atoms with Crippen molar-refractivity contribution in [2.75, 3.05) is 6.61 Å². The van der Waals surface area contributed by atoms with E-state index >= 15 is 0 Å². The molecule has 3 rings (SSSR count). The molecule has 101 valence electrons. The lowest BCUT2D eigenvalue weighted by atomic mass is 10.1. The second kappa shape index (κ2) is 4.66. The summed E-state index contributed by atoms with van der Waals surface area (Å²) in [4.78, 5) is 7.67. The van der Waals surface area contributed by atoms with E-state index < -0.39 is 31.1 Å². The minimum Gasteiger partial charge on any atom is -0.394 e. The Morgan fingerprint density at radius 2 is 2.21 bits per heavy atom. The summed E-state index contributed by atoms with van der Waals surface area (Å²) in [6.07, 6.45) is -0.173. The summed E-state index contributed by atoms with van der Waals surface area (Å²) in [5, 5.41) is 33.2. The van der Waals surface area contributed by atoms with Crippen molar-refractivity contribution in [2.45, 2.75) is 24.5 Å². The van der Waals surface area contributed by atoms with Gasteiger partial charge in [0.05, 0.1) is 18.2 Å². The number of rotatable bonds is 2. The lowest BCUT2D eigenvalue weighted by Gasteiger charge is -2.15. The van der Waals surface area contributed by atoms with Crippen LogP contribution in [0.4, 0.5) is 0 Å². The third-order valence-corrected chi connectivity index (χ3v) is 3.16. The lowest BCUT2D eigenvalue weighted by Crippen LogP contribution is -2.33. The molecule has 3 heterocycles. The number of hydrogen-bond donors (Lipinski definition) is 3. The molecule has 0 aromatic carbocycles. The quantitative estimate of drug-likeness (QED) is 0.600. The maximum Gasteiger partial charge on any atom is 0.225 e. The van der Waals surface area contributed by atoms with Gasteiger partial charge in [0.2, 0.25) is 5.28 Å². The molecule has 4 atom stereocenters. The van der Waals surface area contributed by atoms with Crippen molar-refractivity contribution >= 4 is 22.6 Å². The number of aliphatic hydroxyl groups excluding tert-OH is 3. The van der Waals surface area contributed by atoms with Gasteiger partial charge in [0.1, 0.15) is 24.5 Å². The van der Waals surface area contributed by atoms with Gasteiger partial charge in [0.15, 0.2) is 11.9 Å². The van der Waals surface area contributed by atoms with Crippen LogP contribution in [0.5, 0.6) is 0 Å². The third kappa shape index (κ3) is 1.97. The minimum absolute atomic E-state index is 0.0130. The van der Waals surface area contributed by atoms with E-state index in [4.69, 9.17) is 21.4 Å². The van der Waals surface area contributed by atoms with E-state index in [1.165, 1.54) is 10.9 Å². The SMILES string of the molecule is OC[C@H]1O[C@@H](n2ncc3[c]nc(Cl)nc32)[C@H](O)[C@@H]1O. The molecule has 8 nitrogen and oxygen atoms in total. The molecule has 1 saturated heterocycles. The molecule has 0 aliphatic carbocycles. The Kier molecular flexibility index (Phi) is 3.11. The minimum atomic E-state index is -1.23. The van der Waals surface area contributed by atoms with Crippen molar-refractivity contribution in [1.29, 1.82) is 0 Å². The summed E-state index contributed by atoms with van der Waals surface area (Å²) in [6.45, 7) is -0.407. The van der Waals surface area contributed by atoms with Crippen LogP contribution in [-0.2, 0) is 4.74 Å². The molecule has 0 saturated carbocycles. The van der Waals surface area contributed by atoms with Crippen LogP contribution >= 0.6 is 11.6 Å². The molecular weight excluding hydrogens is 276 g/mol. The first-order valence-electron chi connectivity index (χ1n) is 5.52. The molecule has 1 radical (unpaired) electrons. The molecule has 3 N–H and O–H groups in total. The molecule has 0 bridgehead atoms. The van der Waals surface area contributed by atoms with Crippen LogP contribution in [0.1, 0.15) is 6.23 Å². The number of ether oxygens (including phenoxy) is 1. The molecule has 2 aromatic heterocycles. The Morgan fingerprint density at radius 3 is 2.89 bits per heavy atom. The third-order valence-electron chi connectivity index (χ3n) is 2.99. The summed E-state index contributed by atoms with van der Waals surface area (Å²) in [6, 6.07) is 0. The molecular formula is C10H10ClN4O4. The van der Waals surface area contributed by atoms with Crippen molar-refractivity contribution in [1.82, 2.24) is 19.7 Å². The highest BCUT2D eigenvalue weighted by molar-refractivity contribution is 6.28.